The smallest absolute Gasteiger partial charge is 0.246 e. The van der Waals surface area contributed by atoms with Crippen LogP contribution in [-0.2, 0) is 16.0 Å². The monoisotopic (exact) mass is 434 g/mol. The molecular formula is C23H22N4O3S. The third-order valence-corrected chi connectivity index (χ3v) is 5.70. The van der Waals surface area contributed by atoms with Gasteiger partial charge < -0.3 is 9.64 Å². The van der Waals surface area contributed by atoms with Crippen molar-refractivity contribution in [1.82, 2.24) is 10.4 Å². The Morgan fingerprint density at radius 3 is 2.32 bits per heavy atom. The summed E-state index contributed by atoms with van der Waals surface area (Å²) in [6.45, 7) is 2.96. The van der Waals surface area contributed by atoms with Gasteiger partial charge in [-0.15, -0.1) is 11.3 Å². The first-order chi connectivity index (χ1) is 15.2. The van der Waals surface area contributed by atoms with Crippen LogP contribution in [0.1, 0.15) is 21.6 Å². The number of benzene rings is 2. The maximum atomic E-state index is 13.0. The van der Waals surface area contributed by atoms with Gasteiger partial charge in [0.1, 0.15) is 5.71 Å². The zero-order valence-electron chi connectivity index (χ0n) is 16.9. The fraction of sp³-hybridized carbons (Fsp3) is 0.217. The van der Waals surface area contributed by atoms with Gasteiger partial charge in [0.15, 0.2) is 5.13 Å². The molecule has 1 fully saturated rings. The van der Waals surface area contributed by atoms with E-state index in [1.165, 1.54) is 11.3 Å². The van der Waals surface area contributed by atoms with E-state index in [4.69, 9.17) is 4.74 Å². The van der Waals surface area contributed by atoms with Crippen LogP contribution < -0.4 is 10.3 Å². The lowest BCUT2D eigenvalue weighted by Crippen LogP contribution is -2.36. The van der Waals surface area contributed by atoms with E-state index < -0.39 is 0 Å². The number of carbonyl (C=O) groups excluding carboxylic acids is 2. The summed E-state index contributed by atoms with van der Waals surface area (Å²) in [4.78, 5) is 32.2. The Kier molecular flexibility index (Phi) is 6.81. The van der Waals surface area contributed by atoms with Gasteiger partial charge >= 0.3 is 0 Å². The molecule has 0 aliphatic carbocycles. The number of nitrogens with one attached hydrogen (secondary N) is 1. The summed E-state index contributed by atoms with van der Waals surface area (Å²) >= 11 is 1.51. The summed E-state index contributed by atoms with van der Waals surface area (Å²) in [5.74, 6) is -0.580. The van der Waals surface area contributed by atoms with Gasteiger partial charge in [0, 0.05) is 29.6 Å². The summed E-state index contributed by atoms with van der Waals surface area (Å²) in [5, 5.41) is 6.94. The second-order valence-corrected chi connectivity index (χ2v) is 7.79. The molecule has 0 unspecified atom stereocenters. The van der Waals surface area contributed by atoms with Crippen molar-refractivity contribution in [3.63, 3.8) is 0 Å². The van der Waals surface area contributed by atoms with E-state index in [1.807, 2.05) is 29.6 Å². The molecule has 1 saturated heterocycles. The number of ether oxygens (including phenoxy) is 1. The van der Waals surface area contributed by atoms with Crippen molar-refractivity contribution in [2.24, 2.45) is 5.10 Å². The Labute approximate surface area is 184 Å². The second kappa shape index (κ2) is 10.1. The zero-order valence-corrected chi connectivity index (χ0v) is 17.7. The molecule has 0 bridgehead atoms. The molecule has 158 valence electrons. The Balaban J connectivity index is 1.46. The molecule has 31 heavy (non-hydrogen) atoms. The first-order valence-corrected chi connectivity index (χ1v) is 10.9. The number of anilines is 1. The van der Waals surface area contributed by atoms with Crippen molar-refractivity contribution >= 4 is 33.9 Å². The fourth-order valence-electron chi connectivity index (χ4n) is 3.17. The maximum Gasteiger partial charge on any atom is 0.246 e. The van der Waals surface area contributed by atoms with Crippen LogP contribution in [0.15, 0.2) is 71.1 Å². The highest BCUT2D eigenvalue weighted by molar-refractivity contribution is 7.13. The van der Waals surface area contributed by atoms with Gasteiger partial charge in [0.25, 0.3) is 0 Å². The topological polar surface area (TPSA) is 83.9 Å². The van der Waals surface area contributed by atoms with Crippen molar-refractivity contribution in [2.45, 2.75) is 6.42 Å². The van der Waals surface area contributed by atoms with Crippen molar-refractivity contribution in [2.75, 3.05) is 31.2 Å². The summed E-state index contributed by atoms with van der Waals surface area (Å²) < 4.78 is 5.36. The van der Waals surface area contributed by atoms with Crippen LogP contribution in [-0.4, -0.2) is 48.7 Å². The van der Waals surface area contributed by atoms with E-state index in [0.717, 1.165) is 18.2 Å². The number of amides is 1. The Bertz CT molecular complexity index is 1060. The molecule has 1 N–H and O–H groups in total. The second-order valence-electron chi connectivity index (χ2n) is 6.95. The van der Waals surface area contributed by atoms with Crippen LogP contribution in [0.5, 0.6) is 0 Å². The number of morpholine rings is 1. The van der Waals surface area contributed by atoms with Gasteiger partial charge in [-0.3, -0.25) is 9.59 Å². The molecule has 0 radical (unpaired) electrons. The van der Waals surface area contributed by atoms with Gasteiger partial charge in [-0.25, -0.2) is 10.4 Å². The minimum atomic E-state index is -0.326. The van der Waals surface area contributed by atoms with E-state index in [-0.39, 0.29) is 23.8 Å². The number of hydrazone groups is 1. The maximum absolute atomic E-state index is 13.0. The highest BCUT2D eigenvalue weighted by Gasteiger charge is 2.18. The van der Waals surface area contributed by atoms with Crippen molar-refractivity contribution in [1.29, 1.82) is 0 Å². The molecule has 2 heterocycles. The first kappa shape index (κ1) is 20.9. The first-order valence-electron chi connectivity index (χ1n) is 9.99. The van der Waals surface area contributed by atoms with Gasteiger partial charge in [-0.2, -0.15) is 5.10 Å². The van der Waals surface area contributed by atoms with Gasteiger partial charge in [-0.05, 0) is 0 Å². The number of carbonyl (C=O) groups is 2. The molecule has 1 aliphatic heterocycles. The summed E-state index contributed by atoms with van der Waals surface area (Å²) in [5.41, 5.74) is 4.54. The molecule has 1 aliphatic rings. The number of ketones is 1. The van der Waals surface area contributed by atoms with Crippen molar-refractivity contribution in [3.8, 4) is 0 Å². The normalized spacial score (nSPS) is 14.3. The number of rotatable bonds is 7. The molecular weight excluding hydrogens is 412 g/mol. The summed E-state index contributed by atoms with van der Waals surface area (Å²) in [6, 6.07) is 18.0. The lowest BCUT2D eigenvalue weighted by Gasteiger charge is -2.26. The van der Waals surface area contributed by atoms with E-state index in [2.05, 4.69) is 20.4 Å². The molecule has 1 aromatic heterocycles. The molecule has 8 heteroatoms. The summed E-state index contributed by atoms with van der Waals surface area (Å²) in [7, 11) is 0. The molecule has 0 atom stereocenters. The van der Waals surface area contributed by atoms with Crippen LogP contribution >= 0.6 is 11.3 Å². The Morgan fingerprint density at radius 2 is 1.65 bits per heavy atom. The van der Waals surface area contributed by atoms with E-state index in [1.54, 1.807) is 36.4 Å². The van der Waals surface area contributed by atoms with Crippen LogP contribution in [0.2, 0.25) is 0 Å². The van der Waals surface area contributed by atoms with E-state index in [0.29, 0.717) is 30.0 Å². The number of thiazole rings is 1. The third kappa shape index (κ3) is 5.42. The third-order valence-electron chi connectivity index (χ3n) is 4.75. The van der Waals surface area contributed by atoms with Crippen molar-refractivity contribution < 1.29 is 14.3 Å². The highest BCUT2D eigenvalue weighted by atomic mass is 32.1. The highest BCUT2D eigenvalue weighted by Crippen LogP contribution is 2.21. The number of nitrogens with zero attached hydrogens (tertiary/aromatic N) is 3. The molecule has 2 aromatic carbocycles. The van der Waals surface area contributed by atoms with Crippen molar-refractivity contribution in [3.05, 3.63) is 82.9 Å². The average molecular weight is 435 g/mol. The molecule has 0 spiro atoms. The van der Waals surface area contributed by atoms with Crippen LogP contribution in [0.25, 0.3) is 0 Å². The van der Waals surface area contributed by atoms with Crippen LogP contribution in [0.4, 0.5) is 5.13 Å². The van der Waals surface area contributed by atoms with Crippen LogP contribution in [0, 0.1) is 0 Å². The Morgan fingerprint density at radius 1 is 1.00 bits per heavy atom. The number of hydrogen-bond acceptors (Lipinski definition) is 7. The lowest BCUT2D eigenvalue weighted by molar-refractivity contribution is -0.120. The minimum absolute atomic E-state index is 0.0892. The number of Topliss-reactive ketones (excluding diaryl/α,β-unsaturated/α-hetero) is 1. The number of aromatic nitrogens is 1. The zero-order chi connectivity index (χ0) is 21.5. The Hall–Kier alpha value is -3.36. The largest absolute Gasteiger partial charge is 0.378 e. The minimum Gasteiger partial charge on any atom is -0.378 e. The van der Waals surface area contributed by atoms with Gasteiger partial charge in [0.05, 0.1) is 25.3 Å². The molecule has 7 nitrogen and oxygen atoms in total. The van der Waals surface area contributed by atoms with E-state index in [9.17, 15) is 9.59 Å². The number of hydrogen-bond donors (Lipinski definition) is 1. The fourth-order valence-corrected chi connectivity index (χ4v) is 4.05. The predicted octanol–water partition coefficient (Wildman–Crippen LogP) is 2.93. The standard InChI is InChI=1S/C23H22N4O3S/c28-20(15-19-16-31-23(24-19)27-11-13-30-14-12-27)25-26-21(17-7-3-1-4-8-17)22(29)18-9-5-2-6-10-18/h1-10,16H,11-15H2,(H,25,28)/b26-21+. The van der Waals surface area contributed by atoms with E-state index >= 15 is 0 Å². The SMILES string of the molecule is O=C(Cc1csc(N2CCOCC2)n1)N/N=C(/C(=O)c1ccccc1)c1ccccc1. The molecule has 4 rings (SSSR count). The lowest BCUT2D eigenvalue weighted by atomic mass is 10.0. The molecule has 0 saturated carbocycles. The molecule has 3 aromatic rings. The molecule has 1 amide bonds. The van der Waals surface area contributed by atoms with Crippen LogP contribution in [0.3, 0.4) is 0 Å². The summed E-state index contributed by atoms with van der Waals surface area (Å²) in [6.07, 6.45) is 0.0892. The average Bonchev–Trinajstić information content (AvgIpc) is 3.29. The quantitative estimate of drug-likeness (QED) is 0.351. The predicted molar refractivity (Wildman–Crippen MR) is 121 cm³/mol. The van der Waals surface area contributed by atoms with Gasteiger partial charge in [-0.1, -0.05) is 60.7 Å². The van der Waals surface area contributed by atoms with Gasteiger partial charge in [0.2, 0.25) is 11.7 Å².